The fraction of sp³-hybridized carbons (Fsp3) is 0.885. The third-order valence-corrected chi connectivity index (χ3v) is 11.7. The average molecular weight is 818 g/mol. The summed E-state index contributed by atoms with van der Waals surface area (Å²) in [5.41, 5.74) is 0. The number of nitrogens with one attached hydrogen (secondary N) is 1. The summed E-state index contributed by atoms with van der Waals surface area (Å²) < 4.78 is 5.43. The molecule has 3 N–H and O–H groups in total. The lowest BCUT2D eigenvalue weighted by Crippen LogP contribution is -2.45. The van der Waals surface area contributed by atoms with Gasteiger partial charge in [-0.25, -0.2) is 0 Å². The number of ether oxygens (including phenoxy) is 1. The third-order valence-electron chi connectivity index (χ3n) is 11.7. The highest BCUT2D eigenvalue weighted by molar-refractivity contribution is 5.76. The molecule has 58 heavy (non-hydrogen) atoms. The fourth-order valence-electron chi connectivity index (χ4n) is 7.74. The summed E-state index contributed by atoms with van der Waals surface area (Å²) in [4.78, 5) is 24.4. The Hall–Kier alpha value is -1.66. The molecule has 0 aliphatic heterocycles. The van der Waals surface area contributed by atoms with Gasteiger partial charge >= 0.3 is 5.97 Å². The minimum absolute atomic E-state index is 0.0397. The van der Waals surface area contributed by atoms with E-state index in [0.29, 0.717) is 25.9 Å². The molecule has 2 unspecified atom stereocenters. The van der Waals surface area contributed by atoms with Crippen LogP contribution in [-0.2, 0) is 14.3 Å². The molecule has 6 heteroatoms. The van der Waals surface area contributed by atoms with Gasteiger partial charge in [-0.2, -0.15) is 0 Å². The molecule has 0 aromatic heterocycles. The smallest absolute Gasteiger partial charge is 0.305 e. The van der Waals surface area contributed by atoms with Crippen LogP contribution in [-0.4, -0.2) is 47.4 Å². The van der Waals surface area contributed by atoms with Gasteiger partial charge in [0.15, 0.2) is 0 Å². The number of rotatable bonds is 47. The van der Waals surface area contributed by atoms with E-state index >= 15 is 0 Å². The average Bonchev–Trinajstić information content (AvgIpc) is 3.22. The van der Waals surface area contributed by atoms with E-state index in [1.165, 1.54) is 154 Å². The van der Waals surface area contributed by atoms with Crippen molar-refractivity contribution >= 4 is 11.9 Å². The lowest BCUT2D eigenvalue weighted by Gasteiger charge is -2.22. The standard InChI is InChI=1S/C52H99NO5/c1-3-5-7-9-11-13-15-17-19-20-21-24-28-32-36-40-44-50(55)49(48-54)53-51(56)45-41-37-33-29-25-23-27-31-35-39-43-47-58-52(57)46-42-38-34-30-26-22-18-16-14-12-10-8-6-4-2/h16,18,27,31,49-50,54-55H,3-15,17,19-26,28-30,32-48H2,1-2H3,(H,53,56)/b18-16-,31-27-. The SMILES string of the molecule is CCCCCCC/C=C\CCCCCCCC(=O)OCCCC/C=C\CCCCCCCC(=O)NC(CO)C(O)CCCCCCCCCCCCCCCCCC. The molecule has 0 aromatic rings. The number of aliphatic hydroxyl groups excluding tert-OH is 2. The molecule has 0 rings (SSSR count). The molecule has 0 fully saturated rings. The van der Waals surface area contributed by atoms with Gasteiger partial charge in [-0.15, -0.1) is 0 Å². The van der Waals surface area contributed by atoms with Crippen molar-refractivity contribution < 1.29 is 24.5 Å². The molecule has 342 valence electrons. The van der Waals surface area contributed by atoms with Crippen LogP contribution in [0.2, 0.25) is 0 Å². The zero-order valence-corrected chi connectivity index (χ0v) is 38.8. The fourth-order valence-corrected chi connectivity index (χ4v) is 7.74. The minimum atomic E-state index is -0.682. The normalized spacial score (nSPS) is 12.8. The second-order valence-corrected chi connectivity index (χ2v) is 17.5. The molecule has 2 atom stereocenters. The Morgan fingerprint density at radius 2 is 0.810 bits per heavy atom. The van der Waals surface area contributed by atoms with Crippen molar-refractivity contribution in [2.24, 2.45) is 0 Å². The first-order chi connectivity index (χ1) is 28.5. The number of allylic oxidation sites excluding steroid dienone is 4. The van der Waals surface area contributed by atoms with Crippen molar-refractivity contribution in [1.82, 2.24) is 5.32 Å². The van der Waals surface area contributed by atoms with Crippen LogP contribution in [0.1, 0.15) is 271 Å². The van der Waals surface area contributed by atoms with Crippen LogP contribution in [0.5, 0.6) is 0 Å². The summed E-state index contributed by atoms with van der Waals surface area (Å²) >= 11 is 0. The van der Waals surface area contributed by atoms with Gasteiger partial charge in [-0.3, -0.25) is 9.59 Å². The summed E-state index contributed by atoms with van der Waals surface area (Å²) in [7, 11) is 0. The van der Waals surface area contributed by atoms with Crippen LogP contribution in [0.15, 0.2) is 24.3 Å². The molecule has 0 radical (unpaired) electrons. The lowest BCUT2D eigenvalue weighted by atomic mass is 10.0. The first-order valence-corrected chi connectivity index (χ1v) is 25.6. The number of esters is 1. The number of carbonyl (C=O) groups is 2. The summed E-state index contributed by atoms with van der Waals surface area (Å²) in [5, 5.41) is 23.2. The summed E-state index contributed by atoms with van der Waals surface area (Å²) in [6.45, 7) is 4.86. The van der Waals surface area contributed by atoms with E-state index in [4.69, 9.17) is 4.74 Å². The van der Waals surface area contributed by atoms with Gasteiger partial charge in [0.1, 0.15) is 0 Å². The maximum absolute atomic E-state index is 12.4. The zero-order valence-electron chi connectivity index (χ0n) is 38.8. The van der Waals surface area contributed by atoms with E-state index in [1.54, 1.807) is 0 Å². The molecule has 0 saturated heterocycles. The number of unbranched alkanes of at least 4 members (excludes halogenated alkanes) is 32. The Labute approximate surface area is 361 Å². The summed E-state index contributed by atoms with van der Waals surface area (Å²) in [6, 6.07) is -0.562. The van der Waals surface area contributed by atoms with E-state index in [0.717, 1.165) is 83.5 Å². The van der Waals surface area contributed by atoms with E-state index in [2.05, 4.69) is 43.5 Å². The van der Waals surface area contributed by atoms with E-state index < -0.39 is 12.1 Å². The number of amides is 1. The molecule has 1 amide bonds. The second kappa shape index (κ2) is 48.0. The Kier molecular flexibility index (Phi) is 46.6. The van der Waals surface area contributed by atoms with Gasteiger partial charge in [0, 0.05) is 12.8 Å². The minimum Gasteiger partial charge on any atom is -0.466 e. The molecule has 0 bridgehead atoms. The van der Waals surface area contributed by atoms with E-state index in [-0.39, 0.29) is 18.5 Å². The molecule has 0 saturated carbocycles. The third kappa shape index (κ3) is 43.9. The van der Waals surface area contributed by atoms with Crippen LogP contribution in [0.3, 0.4) is 0 Å². The lowest BCUT2D eigenvalue weighted by molar-refractivity contribution is -0.143. The topological polar surface area (TPSA) is 95.9 Å². The van der Waals surface area contributed by atoms with Crippen molar-refractivity contribution in [3.63, 3.8) is 0 Å². The zero-order chi connectivity index (χ0) is 42.3. The van der Waals surface area contributed by atoms with Gasteiger partial charge in [0.2, 0.25) is 5.91 Å². The highest BCUT2D eigenvalue weighted by Gasteiger charge is 2.20. The quantitative estimate of drug-likeness (QED) is 0.0323. The highest BCUT2D eigenvalue weighted by Crippen LogP contribution is 2.16. The van der Waals surface area contributed by atoms with Crippen molar-refractivity contribution in [3.8, 4) is 0 Å². The second-order valence-electron chi connectivity index (χ2n) is 17.5. The van der Waals surface area contributed by atoms with Crippen LogP contribution < -0.4 is 5.32 Å². The molecule has 0 heterocycles. The molecule has 0 aromatic carbocycles. The number of carbonyl (C=O) groups excluding carboxylic acids is 2. The maximum Gasteiger partial charge on any atom is 0.305 e. The van der Waals surface area contributed by atoms with E-state index in [1.807, 2.05) is 0 Å². The number of aliphatic hydroxyl groups is 2. The van der Waals surface area contributed by atoms with Gasteiger partial charge < -0.3 is 20.3 Å². The number of hydrogen-bond acceptors (Lipinski definition) is 5. The monoisotopic (exact) mass is 818 g/mol. The largest absolute Gasteiger partial charge is 0.466 e. The Bertz CT molecular complexity index is 904. The number of hydrogen-bond donors (Lipinski definition) is 3. The Morgan fingerprint density at radius 1 is 0.466 bits per heavy atom. The van der Waals surface area contributed by atoms with Crippen LogP contribution in [0, 0.1) is 0 Å². The first kappa shape index (κ1) is 56.3. The van der Waals surface area contributed by atoms with Crippen LogP contribution in [0.25, 0.3) is 0 Å². The maximum atomic E-state index is 12.4. The first-order valence-electron chi connectivity index (χ1n) is 25.6. The van der Waals surface area contributed by atoms with Gasteiger partial charge in [-0.1, -0.05) is 205 Å². The van der Waals surface area contributed by atoms with Crippen LogP contribution in [0.4, 0.5) is 0 Å². The van der Waals surface area contributed by atoms with Crippen molar-refractivity contribution in [1.29, 1.82) is 0 Å². The van der Waals surface area contributed by atoms with Crippen molar-refractivity contribution in [3.05, 3.63) is 24.3 Å². The van der Waals surface area contributed by atoms with Crippen molar-refractivity contribution in [2.45, 2.75) is 283 Å². The molecule has 6 nitrogen and oxygen atoms in total. The van der Waals surface area contributed by atoms with Crippen LogP contribution >= 0.6 is 0 Å². The van der Waals surface area contributed by atoms with Gasteiger partial charge in [0.25, 0.3) is 0 Å². The molecule has 0 aliphatic carbocycles. The van der Waals surface area contributed by atoms with Crippen molar-refractivity contribution in [2.75, 3.05) is 13.2 Å². The summed E-state index contributed by atoms with van der Waals surface area (Å²) in [6.07, 6.45) is 55.7. The molecule has 0 aliphatic rings. The predicted octanol–water partition coefficient (Wildman–Crippen LogP) is 15.1. The molecular weight excluding hydrogens is 719 g/mol. The van der Waals surface area contributed by atoms with Gasteiger partial charge in [-0.05, 0) is 77.0 Å². The van der Waals surface area contributed by atoms with Gasteiger partial charge in [0.05, 0.1) is 25.4 Å². The highest BCUT2D eigenvalue weighted by atomic mass is 16.5. The molecule has 0 spiro atoms. The predicted molar refractivity (Wildman–Crippen MR) is 250 cm³/mol. The Balaban J connectivity index is 3.53. The van der Waals surface area contributed by atoms with E-state index in [9.17, 15) is 19.8 Å². The Morgan fingerprint density at radius 3 is 1.22 bits per heavy atom. The summed E-state index contributed by atoms with van der Waals surface area (Å²) in [5.74, 6) is -0.104. The molecular formula is C52H99NO5.